The van der Waals surface area contributed by atoms with Gasteiger partial charge in [0.1, 0.15) is 12.0 Å². The number of carbonyl (C=O) groups excluding carboxylic acids is 1. The first kappa shape index (κ1) is 23.7. The van der Waals surface area contributed by atoms with Crippen LogP contribution < -0.4 is 10.1 Å². The first-order chi connectivity index (χ1) is 16.3. The molecule has 2 aromatic carbocycles. The molecule has 0 bridgehead atoms. The molecule has 1 saturated heterocycles. The van der Waals surface area contributed by atoms with Crippen LogP contribution >= 0.6 is 0 Å². The third kappa shape index (κ3) is 6.12. The number of nitrogens with zero attached hydrogens (tertiary/aromatic N) is 2. The number of halogens is 3. The van der Waals surface area contributed by atoms with Gasteiger partial charge in [-0.05, 0) is 59.9 Å². The monoisotopic (exact) mass is 471 g/mol. The molecule has 3 unspecified atom stereocenters. The Bertz CT molecular complexity index is 1080. The van der Waals surface area contributed by atoms with Crippen LogP contribution in [0.2, 0.25) is 0 Å². The predicted octanol–water partition coefficient (Wildman–Crippen LogP) is 4.26. The lowest BCUT2D eigenvalue weighted by Crippen LogP contribution is -2.51. The van der Waals surface area contributed by atoms with Gasteiger partial charge < -0.3 is 15.2 Å². The van der Waals surface area contributed by atoms with Gasteiger partial charge >= 0.3 is 6.36 Å². The summed E-state index contributed by atoms with van der Waals surface area (Å²) in [4.78, 5) is 18.6. The molecule has 9 heteroatoms. The van der Waals surface area contributed by atoms with Gasteiger partial charge in [0.25, 0.3) is 5.91 Å². The third-order valence-electron chi connectivity index (χ3n) is 5.79. The van der Waals surface area contributed by atoms with Crippen LogP contribution in [0.1, 0.15) is 40.1 Å². The van der Waals surface area contributed by atoms with E-state index in [1.54, 1.807) is 60.9 Å². The van der Waals surface area contributed by atoms with Crippen molar-refractivity contribution in [2.24, 2.45) is 0 Å². The van der Waals surface area contributed by atoms with Crippen LogP contribution in [0.3, 0.4) is 0 Å². The van der Waals surface area contributed by atoms with Crippen molar-refractivity contribution < 1.29 is 27.8 Å². The van der Waals surface area contributed by atoms with Crippen LogP contribution in [0.4, 0.5) is 13.2 Å². The van der Waals surface area contributed by atoms with Gasteiger partial charge in [0, 0.05) is 37.1 Å². The molecule has 4 rings (SSSR count). The summed E-state index contributed by atoms with van der Waals surface area (Å²) in [5.41, 5.74) is 1.98. The fourth-order valence-corrected chi connectivity index (χ4v) is 4.23. The summed E-state index contributed by atoms with van der Waals surface area (Å²) >= 11 is 0. The second-order valence-electron chi connectivity index (χ2n) is 8.19. The predicted molar refractivity (Wildman–Crippen MR) is 119 cm³/mol. The Morgan fingerprint density at radius 2 is 1.71 bits per heavy atom. The van der Waals surface area contributed by atoms with E-state index in [2.05, 4.69) is 15.0 Å². The van der Waals surface area contributed by atoms with Crippen molar-refractivity contribution >= 4 is 5.91 Å². The van der Waals surface area contributed by atoms with E-state index in [1.807, 2.05) is 11.0 Å². The molecule has 0 radical (unpaired) electrons. The average molecular weight is 471 g/mol. The molecule has 0 spiro atoms. The van der Waals surface area contributed by atoms with E-state index < -0.39 is 12.6 Å². The highest BCUT2D eigenvalue weighted by Crippen LogP contribution is 2.33. The molecule has 0 saturated carbocycles. The highest BCUT2D eigenvalue weighted by atomic mass is 19.4. The molecule has 178 valence electrons. The number of aliphatic hydroxyl groups is 1. The molecule has 2 N–H and O–H groups in total. The maximum absolute atomic E-state index is 12.8. The minimum absolute atomic E-state index is 0.133. The Balaban J connectivity index is 1.54. The number of nitrogens with one attached hydrogen (secondary N) is 1. The smallest absolute Gasteiger partial charge is 0.406 e. The Morgan fingerprint density at radius 3 is 2.35 bits per heavy atom. The Morgan fingerprint density at radius 1 is 1.03 bits per heavy atom. The van der Waals surface area contributed by atoms with Crippen molar-refractivity contribution in [3.63, 3.8) is 0 Å². The number of pyridine rings is 1. The number of amides is 1. The van der Waals surface area contributed by atoms with Gasteiger partial charge in [-0.2, -0.15) is 0 Å². The molecule has 1 fully saturated rings. The zero-order valence-corrected chi connectivity index (χ0v) is 18.2. The van der Waals surface area contributed by atoms with Crippen molar-refractivity contribution in [1.82, 2.24) is 15.2 Å². The summed E-state index contributed by atoms with van der Waals surface area (Å²) in [6, 6.07) is 17.7. The van der Waals surface area contributed by atoms with Crippen LogP contribution in [-0.4, -0.2) is 46.4 Å². The lowest BCUT2D eigenvalue weighted by molar-refractivity contribution is -0.274. The Kier molecular flexibility index (Phi) is 7.14. The number of rotatable bonds is 6. The maximum Gasteiger partial charge on any atom is 0.573 e. The molecule has 2 heterocycles. The van der Waals surface area contributed by atoms with E-state index in [-0.39, 0.29) is 23.6 Å². The second kappa shape index (κ2) is 10.2. The second-order valence-corrected chi connectivity index (χ2v) is 8.19. The standard InChI is InChI=1S/C25H24F3N3O3/c26-25(27,28)34-22-8-6-17(7-9-22)20-14-21(30-23(32)18-4-2-1-3-5-18)16-31(15-20)24(33)19-10-12-29-13-11-19/h1-13,20-21,24,33H,14-16H2,(H,30,32). The molecular formula is C25H24F3N3O3. The molecule has 34 heavy (non-hydrogen) atoms. The Labute approximate surface area is 195 Å². The van der Waals surface area contributed by atoms with E-state index >= 15 is 0 Å². The summed E-state index contributed by atoms with van der Waals surface area (Å²) in [6.45, 7) is 0.870. The fraction of sp³-hybridized carbons (Fsp3) is 0.280. The molecule has 1 aliphatic heterocycles. The van der Waals surface area contributed by atoms with Crippen molar-refractivity contribution in [3.05, 3.63) is 95.8 Å². The average Bonchev–Trinajstić information content (AvgIpc) is 2.84. The number of hydrogen-bond donors (Lipinski definition) is 2. The molecule has 3 atom stereocenters. The van der Waals surface area contributed by atoms with Gasteiger partial charge in [0.05, 0.1) is 0 Å². The quantitative estimate of drug-likeness (QED) is 0.562. The summed E-state index contributed by atoms with van der Waals surface area (Å²) in [6.07, 6.45) is -1.93. The minimum atomic E-state index is -4.76. The first-order valence-electron chi connectivity index (χ1n) is 10.8. The van der Waals surface area contributed by atoms with Crippen LogP contribution in [0.15, 0.2) is 79.1 Å². The van der Waals surface area contributed by atoms with Gasteiger partial charge in [-0.3, -0.25) is 14.7 Å². The fourth-order valence-electron chi connectivity index (χ4n) is 4.23. The van der Waals surface area contributed by atoms with E-state index in [1.165, 1.54) is 12.1 Å². The maximum atomic E-state index is 12.8. The highest BCUT2D eigenvalue weighted by molar-refractivity contribution is 5.94. The molecular weight excluding hydrogens is 447 g/mol. The highest BCUT2D eigenvalue weighted by Gasteiger charge is 2.34. The number of alkyl halides is 3. The van der Waals surface area contributed by atoms with Crippen LogP contribution in [-0.2, 0) is 0 Å². The number of likely N-dealkylation sites (tertiary alicyclic amines) is 1. The van der Waals surface area contributed by atoms with Crippen LogP contribution in [0.25, 0.3) is 0 Å². The van der Waals surface area contributed by atoms with Gasteiger partial charge in [-0.1, -0.05) is 30.3 Å². The van der Waals surface area contributed by atoms with E-state index in [4.69, 9.17) is 0 Å². The lowest BCUT2D eigenvalue weighted by Gasteiger charge is -2.40. The summed E-state index contributed by atoms with van der Waals surface area (Å²) in [5.74, 6) is -0.653. The van der Waals surface area contributed by atoms with E-state index in [0.29, 0.717) is 30.6 Å². The first-order valence-corrected chi connectivity index (χ1v) is 10.8. The van der Waals surface area contributed by atoms with Gasteiger partial charge in [-0.15, -0.1) is 13.2 Å². The number of ether oxygens (including phenoxy) is 1. The summed E-state index contributed by atoms with van der Waals surface area (Å²) in [7, 11) is 0. The van der Waals surface area contributed by atoms with Crippen molar-refractivity contribution in [3.8, 4) is 5.75 Å². The minimum Gasteiger partial charge on any atom is -0.406 e. The number of benzene rings is 2. The molecule has 3 aromatic rings. The summed E-state index contributed by atoms with van der Waals surface area (Å²) in [5, 5.41) is 14.0. The number of aliphatic hydroxyl groups excluding tert-OH is 1. The molecule has 6 nitrogen and oxygen atoms in total. The zero-order valence-electron chi connectivity index (χ0n) is 18.2. The van der Waals surface area contributed by atoms with Gasteiger partial charge in [0.15, 0.2) is 0 Å². The van der Waals surface area contributed by atoms with Crippen LogP contribution in [0.5, 0.6) is 5.75 Å². The lowest BCUT2D eigenvalue weighted by atomic mass is 9.87. The SMILES string of the molecule is O=C(NC1CC(c2ccc(OC(F)(F)F)cc2)CN(C(O)c2ccncc2)C1)c1ccccc1. The number of hydrogen-bond acceptors (Lipinski definition) is 5. The van der Waals surface area contributed by atoms with Crippen LogP contribution in [0, 0.1) is 0 Å². The zero-order chi connectivity index (χ0) is 24.1. The molecule has 1 amide bonds. The number of carbonyl (C=O) groups is 1. The van der Waals surface area contributed by atoms with Crippen molar-refractivity contribution in [2.45, 2.75) is 31.0 Å². The van der Waals surface area contributed by atoms with E-state index in [0.717, 1.165) is 5.56 Å². The number of aromatic nitrogens is 1. The molecule has 0 aliphatic carbocycles. The molecule has 1 aromatic heterocycles. The summed E-state index contributed by atoms with van der Waals surface area (Å²) < 4.78 is 41.5. The Hall–Kier alpha value is -3.43. The number of piperidine rings is 1. The third-order valence-corrected chi connectivity index (χ3v) is 5.79. The van der Waals surface area contributed by atoms with Crippen molar-refractivity contribution in [2.75, 3.05) is 13.1 Å². The van der Waals surface area contributed by atoms with E-state index in [9.17, 15) is 23.1 Å². The normalized spacial score (nSPS) is 19.9. The topological polar surface area (TPSA) is 74.7 Å². The van der Waals surface area contributed by atoms with Gasteiger partial charge in [-0.25, -0.2) is 0 Å². The molecule has 1 aliphatic rings. The van der Waals surface area contributed by atoms with Crippen molar-refractivity contribution in [1.29, 1.82) is 0 Å². The van der Waals surface area contributed by atoms with Gasteiger partial charge in [0.2, 0.25) is 0 Å². The largest absolute Gasteiger partial charge is 0.573 e.